The first-order chi connectivity index (χ1) is 8.57. The van der Waals surface area contributed by atoms with Crippen molar-refractivity contribution in [3.05, 3.63) is 24.3 Å². The van der Waals surface area contributed by atoms with Gasteiger partial charge in [0, 0.05) is 31.9 Å². The summed E-state index contributed by atoms with van der Waals surface area (Å²) in [6.45, 7) is 2.98. The molecule has 4 nitrogen and oxygen atoms in total. The minimum atomic E-state index is -3.16. The molecule has 0 amide bonds. The van der Waals surface area contributed by atoms with Crippen molar-refractivity contribution >= 4 is 15.5 Å². The van der Waals surface area contributed by atoms with Crippen molar-refractivity contribution in [3.8, 4) is 0 Å². The number of rotatable bonds is 2. The van der Waals surface area contributed by atoms with Crippen LogP contribution < -0.4 is 10.2 Å². The Bertz CT molecular complexity index is 556. The number of hydrogen-bond acceptors (Lipinski definition) is 4. The predicted molar refractivity (Wildman–Crippen MR) is 71.7 cm³/mol. The second kappa shape index (κ2) is 4.24. The summed E-state index contributed by atoms with van der Waals surface area (Å²) in [4.78, 5) is 2.72. The van der Waals surface area contributed by atoms with Gasteiger partial charge in [0.05, 0.1) is 10.6 Å². The average Bonchev–Trinajstić information content (AvgIpc) is 2.89. The van der Waals surface area contributed by atoms with Gasteiger partial charge in [-0.15, -0.1) is 0 Å². The molecule has 2 aliphatic heterocycles. The normalized spacial score (nSPS) is 27.5. The molecule has 3 rings (SSSR count). The Balaban J connectivity index is 2.02. The van der Waals surface area contributed by atoms with Crippen LogP contribution in [0.4, 0.5) is 5.69 Å². The summed E-state index contributed by atoms with van der Waals surface area (Å²) < 4.78 is 23.7. The Kier molecular flexibility index (Phi) is 2.83. The Labute approximate surface area is 108 Å². The van der Waals surface area contributed by atoms with Gasteiger partial charge in [-0.2, -0.15) is 0 Å². The molecule has 0 aliphatic carbocycles. The van der Waals surface area contributed by atoms with Crippen LogP contribution in [-0.2, 0) is 9.84 Å². The molecule has 1 aromatic rings. The maximum atomic E-state index is 11.9. The quantitative estimate of drug-likeness (QED) is 0.863. The standard InChI is InChI=1S/C13H18N2O2S/c1-18(16,17)13-5-3-2-4-11(13)15-7-6-10-8-14-9-12(10)15/h2-5,10,12,14H,6-9H2,1H3/t10-,12+/m1/s1. The van der Waals surface area contributed by atoms with Crippen molar-refractivity contribution in [2.24, 2.45) is 5.92 Å². The fourth-order valence-electron chi connectivity index (χ4n) is 3.16. The molecular weight excluding hydrogens is 248 g/mol. The highest BCUT2D eigenvalue weighted by Gasteiger charge is 2.38. The third kappa shape index (κ3) is 1.91. The number of nitrogens with one attached hydrogen (secondary N) is 1. The fourth-order valence-corrected chi connectivity index (χ4v) is 4.05. The largest absolute Gasteiger partial charge is 0.366 e. The lowest BCUT2D eigenvalue weighted by Gasteiger charge is -2.27. The molecule has 0 unspecified atom stereocenters. The molecule has 2 heterocycles. The van der Waals surface area contributed by atoms with E-state index in [4.69, 9.17) is 0 Å². The van der Waals surface area contributed by atoms with Crippen molar-refractivity contribution in [1.29, 1.82) is 0 Å². The second-order valence-electron chi connectivity index (χ2n) is 5.21. The molecule has 18 heavy (non-hydrogen) atoms. The topological polar surface area (TPSA) is 49.4 Å². The van der Waals surface area contributed by atoms with Gasteiger partial charge in [0.15, 0.2) is 9.84 Å². The van der Waals surface area contributed by atoms with E-state index in [1.54, 1.807) is 12.1 Å². The van der Waals surface area contributed by atoms with E-state index < -0.39 is 9.84 Å². The Morgan fingerprint density at radius 3 is 2.83 bits per heavy atom. The molecule has 0 aromatic heterocycles. The molecule has 2 atom stereocenters. The third-order valence-corrected chi connectivity index (χ3v) is 5.16. The number of nitrogens with zero attached hydrogens (tertiary/aromatic N) is 1. The molecule has 0 bridgehead atoms. The van der Waals surface area contributed by atoms with E-state index in [2.05, 4.69) is 10.2 Å². The van der Waals surface area contributed by atoms with E-state index in [1.807, 2.05) is 12.1 Å². The zero-order valence-corrected chi connectivity index (χ0v) is 11.3. The average molecular weight is 266 g/mol. The van der Waals surface area contributed by atoms with Gasteiger partial charge in [-0.05, 0) is 24.5 Å². The first-order valence-corrected chi connectivity index (χ1v) is 8.23. The molecule has 2 fully saturated rings. The molecule has 2 aliphatic rings. The first-order valence-electron chi connectivity index (χ1n) is 6.34. The number of para-hydroxylation sites is 1. The van der Waals surface area contributed by atoms with Gasteiger partial charge >= 0.3 is 0 Å². The van der Waals surface area contributed by atoms with Crippen LogP contribution >= 0.6 is 0 Å². The van der Waals surface area contributed by atoms with E-state index in [1.165, 1.54) is 6.26 Å². The summed E-state index contributed by atoms with van der Waals surface area (Å²) in [5.74, 6) is 0.664. The molecule has 1 aromatic carbocycles. The Morgan fingerprint density at radius 2 is 2.06 bits per heavy atom. The molecule has 1 N–H and O–H groups in total. The van der Waals surface area contributed by atoms with Crippen LogP contribution in [0.3, 0.4) is 0 Å². The molecule has 0 radical (unpaired) electrons. The van der Waals surface area contributed by atoms with Crippen LogP contribution in [0.2, 0.25) is 0 Å². The lowest BCUT2D eigenvalue weighted by Crippen LogP contribution is -2.34. The summed E-state index contributed by atoms with van der Waals surface area (Å²) >= 11 is 0. The smallest absolute Gasteiger partial charge is 0.177 e. The van der Waals surface area contributed by atoms with Crippen molar-refractivity contribution in [2.45, 2.75) is 17.4 Å². The van der Waals surface area contributed by atoms with Crippen LogP contribution in [0.1, 0.15) is 6.42 Å². The predicted octanol–water partition coefficient (Wildman–Crippen LogP) is 0.888. The van der Waals surface area contributed by atoms with Gasteiger partial charge in [0.1, 0.15) is 0 Å². The minimum Gasteiger partial charge on any atom is -0.366 e. The van der Waals surface area contributed by atoms with Gasteiger partial charge in [-0.1, -0.05) is 12.1 Å². The first kappa shape index (κ1) is 12.0. The summed E-state index contributed by atoms with van der Waals surface area (Å²) in [7, 11) is -3.16. The van der Waals surface area contributed by atoms with Crippen molar-refractivity contribution in [2.75, 3.05) is 30.8 Å². The summed E-state index contributed by atoms with van der Waals surface area (Å²) in [5.41, 5.74) is 0.871. The van der Waals surface area contributed by atoms with Crippen molar-refractivity contribution < 1.29 is 8.42 Å². The fraction of sp³-hybridized carbons (Fsp3) is 0.538. The van der Waals surface area contributed by atoms with E-state index in [-0.39, 0.29) is 0 Å². The number of hydrogen-bond donors (Lipinski definition) is 1. The monoisotopic (exact) mass is 266 g/mol. The van der Waals surface area contributed by atoms with Crippen LogP contribution in [0, 0.1) is 5.92 Å². The van der Waals surface area contributed by atoms with Crippen LogP contribution in [0.25, 0.3) is 0 Å². The van der Waals surface area contributed by atoms with E-state index in [9.17, 15) is 8.42 Å². The zero-order chi connectivity index (χ0) is 12.8. The summed E-state index contributed by atoms with van der Waals surface area (Å²) in [6, 6.07) is 7.80. The van der Waals surface area contributed by atoms with Crippen LogP contribution in [0.5, 0.6) is 0 Å². The second-order valence-corrected chi connectivity index (χ2v) is 7.19. The van der Waals surface area contributed by atoms with E-state index in [0.29, 0.717) is 16.9 Å². The van der Waals surface area contributed by atoms with Gasteiger partial charge < -0.3 is 10.2 Å². The third-order valence-electron chi connectivity index (χ3n) is 4.02. The molecule has 98 valence electrons. The number of benzene rings is 1. The highest BCUT2D eigenvalue weighted by atomic mass is 32.2. The highest BCUT2D eigenvalue weighted by molar-refractivity contribution is 7.90. The molecule has 2 saturated heterocycles. The SMILES string of the molecule is CS(=O)(=O)c1ccccc1N1CC[C@@H]2CNC[C@@H]21. The van der Waals surface area contributed by atoms with Gasteiger partial charge in [-0.25, -0.2) is 8.42 Å². The van der Waals surface area contributed by atoms with Crippen LogP contribution in [0.15, 0.2) is 29.2 Å². The maximum absolute atomic E-state index is 11.9. The van der Waals surface area contributed by atoms with Gasteiger partial charge in [0.25, 0.3) is 0 Å². The Hall–Kier alpha value is -1.07. The maximum Gasteiger partial charge on any atom is 0.177 e. The van der Waals surface area contributed by atoms with Crippen molar-refractivity contribution in [3.63, 3.8) is 0 Å². The summed E-state index contributed by atoms with van der Waals surface area (Å²) in [6.07, 6.45) is 2.43. The molecule has 5 heteroatoms. The minimum absolute atomic E-state index is 0.452. The number of anilines is 1. The van der Waals surface area contributed by atoms with E-state index in [0.717, 1.165) is 31.7 Å². The molecule has 0 saturated carbocycles. The number of sulfone groups is 1. The van der Waals surface area contributed by atoms with E-state index >= 15 is 0 Å². The molecule has 0 spiro atoms. The van der Waals surface area contributed by atoms with Gasteiger partial charge in [0.2, 0.25) is 0 Å². The summed E-state index contributed by atoms with van der Waals surface area (Å²) in [5, 5.41) is 3.39. The van der Waals surface area contributed by atoms with Crippen molar-refractivity contribution in [1.82, 2.24) is 5.32 Å². The molecular formula is C13H18N2O2S. The highest BCUT2D eigenvalue weighted by Crippen LogP contribution is 2.35. The number of fused-ring (bicyclic) bond motifs is 1. The van der Waals surface area contributed by atoms with Gasteiger partial charge in [-0.3, -0.25) is 0 Å². The lowest BCUT2D eigenvalue weighted by atomic mass is 10.1. The lowest BCUT2D eigenvalue weighted by molar-refractivity contribution is 0.576. The van der Waals surface area contributed by atoms with Crippen LogP contribution in [-0.4, -0.2) is 40.3 Å². The zero-order valence-electron chi connectivity index (χ0n) is 10.5. The Morgan fingerprint density at radius 1 is 1.28 bits per heavy atom.